The largest absolute Gasteiger partial charge is 0.573 e. The Balaban J connectivity index is 2.08. The van der Waals surface area contributed by atoms with Gasteiger partial charge in [0.25, 0.3) is 0 Å². The van der Waals surface area contributed by atoms with E-state index in [0.29, 0.717) is 16.9 Å². The number of aromatic amines is 1. The van der Waals surface area contributed by atoms with Crippen LogP contribution in [0.5, 0.6) is 5.75 Å². The first-order valence-electron chi connectivity index (χ1n) is 5.68. The molecule has 0 spiro atoms. The van der Waals surface area contributed by atoms with E-state index in [4.69, 9.17) is 0 Å². The van der Waals surface area contributed by atoms with Gasteiger partial charge in [0, 0.05) is 11.8 Å². The van der Waals surface area contributed by atoms with Crippen molar-refractivity contribution in [1.82, 2.24) is 15.0 Å². The number of aromatic nitrogens is 3. The summed E-state index contributed by atoms with van der Waals surface area (Å²) in [6.07, 6.45) is -1.69. The first kappa shape index (κ1) is 12.5. The molecule has 20 heavy (non-hydrogen) atoms. The van der Waals surface area contributed by atoms with E-state index in [1.165, 1.54) is 24.4 Å². The van der Waals surface area contributed by atoms with Crippen molar-refractivity contribution in [2.75, 3.05) is 0 Å². The minimum Gasteiger partial charge on any atom is -0.405 e. The Labute approximate surface area is 111 Å². The van der Waals surface area contributed by atoms with E-state index in [2.05, 4.69) is 19.7 Å². The lowest BCUT2D eigenvalue weighted by Gasteiger charge is -2.12. The maximum absolute atomic E-state index is 12.4. The van der Waals surface area contributed by atoms with E-state index in [1.54, 1.807) is 18.3 Å². The quantitative estimate of drug-likeness (QED) is 0.780. The molecule has 7 heteroatoms. The molecule has 0 unspecified atom stereocenters. The topological polar surface area (TPSA) is 50.8 Å². The molecular formula is C13H8F3N3O. The monoisotopic (exact) mass is 279 g/mol. The Morgan fingerprint density at radius 1 is 1.10 bits per heavy atom. The molecule has 2 heterocycles. The molecule has 0 fully saturated rings. The van der Waals surface area contributed by atoms with Crippen LogP contribution in [-0.2, 0) is 0 Å². The fraction of sp³-hybridized carbons (Fsp3) is 0.0769. The zero-order valence-electron chi connectivity index (χ0n) is 9.98. The summed E-state index contributed by atoms with van der Waals surface area (Å²) in [4.78, 5) is 11.2. The minimum absolute atomic E-state index is 0.237. The Kier molecular flexibility index (Phi) is 2.81. The highest BCUT2D eigenvalue weighted by atomic mass is 19.4. The number of rotatable bonds is 2. The number of H-pyrrole nitrogens is 1. The van der Waals surface area contributed by atoms with Crippen molar-refractivity contribution in [3.05, 3.63) is 42.7 Å². The summed E-state index contributed by atoms with van der Waals surface area (Å²) in [5.74, 6) is -0.302. The Morgan fingerprint density at radius 2 is 1.90 bits per heavy atom. The van der Waals surface area contributed by atoms with Gasteiger partial charge in [-0.3, -0.25) is 0 Å². The second-order valence-electron chi connectivity index (χ2n) is 4.01. The Morgan fingerprint density at radius 3 is 2.70 bits per heavy atom. The summed E-state index contributed by atoms with van der Waals surface area (Å²) < 4.78 is 41.1. The van der Waals surface area contributed by atoms with Crippen molar-refractivity contribution in [2.45, 2.75) is 6.36 Å². The molecule has 1 N–H and O–H groups in total. The van der Waals surface area contributed by atoms with Crippen molar-refractivity contribution in [3.8, 4) is 17.0 Å². The second kappa shape index (κ2) is 4.52. The standard InChI is InChI=1S/C13H8F3N3O/c14-13(15,16)20-11-4-2-1-3-8(11)10-7-18-12-9(19-10)5-6-17-12/h1-7H,(H,17,18). The summed E-state index contributed by atoms with van der Waals surface area (Å²) in [5, 5.41) is 0. The van der Waals surface area contributed by atoms with Crippen LogP contribution in [0.3, 0.4) is 0 Å². The molecule has 0 atom stereocenters. The van der Waals surface area contributed by atoms with Gasteiger partial charge < -0.3 is 9.72 Å². The molecule has 0 saturated carbocycles. The SMILES string of the molecule is FC(F)(F)Oc1ccccc1-c1cnc2[nH]ccc2n1. The van der Waals surface area contributed by atoms with Gasteiger partial charge in [0.15, 0.2) is 5.65 Å². The third-order valence-corrected chi connectivity index (χ3v) is 2.65. The molecule has 0 aliphatic heterocycles. The van der Waals surface area contributed by atoms with Crippen LogP contribution in [-0.4, -0.2) is 21.3 Å². The zero-order chi connectivity index (χ0) is 14.2. The fourth-order valence-electron chi connectivity index (χ4n) is 1.85. The average molecular weight is 279 g/mol. The third-order valence-electron chi connectivity index (χ3n) is 2.65. The van der Waals surface area contributed by atoms with Crippen LogP contribution in [0.15, 0.2) is 42.7 Å². The molecule has 0 aliphatic carbocycles. The molecule has 1 aromatic carbocycles. The molecule has 0 aliphatic rings. The second-order valence-corrected chi connectivity index (χ2v) is 4.01. The number of benzene rings is 1. The van der Waals surface area contributed by atoms with E-state index in [9.17, 15) is 13.2 Å². The summed E-state index contributed by atoms with van der Waals surface area (Å²) in [6.45, 7) is 0. The fourth-order valence-corrected chi connectivity index (χ4v) is 1.85. The maximum Gasteiger partial charge on any atom is 0.573 e. The molecule has 102 valence electrons. The van der Waals surface area contributed by atoms with Crippen molar-refractivity contribution < 1.29 is 17.9 Å². The lowest BCUT2D eigenvalue weighted by atomic mass is 10.1. The number of hydrogen-bond donors (Lipinski definition) is 1. The van der Waals surface area contributed by atoms with Crippen LogP contribution in [0.1, 0.15) is 0 Å². The predicted octanol–water partition coefficient (Wildman–Crippen LogP) is 3.52. The smallest absolute Gasteiger partial charge is 0.405 e. The van der Waals surface area contributed by atoms with Crippen molar-refractivity contribution in [3.63, 3.8) is 0 Å². The number of halogens is 3. The lowest BCUT2D eigenvalue weighted by molar-refractivity contribution is -0.274. The van der Waals surface area contributed by atoms with Gasteiger partial charge >= 0.3 is 6.36 Å². The van der Waals surface area contributed by atoms with Gasteiger partial charge in [-0.1, -0.05) is 12.1 Å². The molecule has 0 amide bonds. The Bertz CT molecular complexity index is 752. The molecule has 0 bridgehead atoms. The first-order valence-corrected chi connectivity index (χ1v) is 5.68. The van der Waals surface area contributed by atoms with E-state index in [0.717, 1.165) is 0 Å². The molecule has 4 nitrogen and oxygen atoms in total. The van der Waals surface area contributed by atoms with Gasteiger partial charge in [0.1, 0.15) is 11.3 Å². The molecule has 0 radical (unpaired) electrons. The van der Waals surface area contributed by atoms with Crippen LogP contribution < -0.4 is 4.74 Å². The summed E-state index contributed by atoms with van der Waals surface area (Å²) in [5.41, 5.74) is 1.70. The van der Waals surface area contributed by atoms with Crippen LogP contribution >= 0.6 is 0 Å². The van der Waals surface area contributed by atoms with E-state index in [1.807, 2.05) is 0 Å². The van der Waals surface area contributed by atoms with Gasteiger partial charge in [0.05, 0.1) is 11.9 Å². The van der Waals surface area contributed by atoms with Gasteiger partial charge in [-0.25, -0.2) is 9.97 Å². The van der Waals surface area contributed by atoms with E-state index >= 15 is 0 Å². The van der Waals surface area contributed by atoms with Crippen molar-refractivity contribution in [2.24, 2.45) is 0 Å². The molecule has 3 aromatic rings. The average Bonchev–Trinajstić information content (AvgIpc) is 2.84. The number of para-hydroxylation sites is 1. The van der Waals surface area contributed by atoms with Crippen LogP contribution in [0.4, 0.5) is 13.2 Å². The van der Waals surface area contributed by atoms with Crippen LogP contribution in [0.2, 0.25) is 0 Å². The van der Waals surface area contributed by atoms with Gasteiger partial charge in [-0.2, -0.15) is 0 Å². The predicted molar refractivity (Wildman–Crippen MR) is 66.0 cm³/mol. The highest BCUT2D eigenvalue weighted by Gasteiger charge is 2.32. The number of hydrogen-bond acceptors (Lipinski definition) is 3. The van der Waals surface area contributed by atoms with Crippen molar-refractivity contribution >= 4 is 11.2 Å². The van der Waals surface area contributed by atoms with Gasteiger partial charge in [0.2, 0.25) is 0 Å². The molecule has 2 aromatic heterocycles. The molecular weight excluding hydrogens is 271 g/mol. The number of nitrogens with zero attached hydrogens (tertiary/aromatic N) is 2. The maximum atomic E-state index is 12.4. The molecule has 3 rings (SSSR count). The highest BCUT2D eigenvalue weighted by molar-refractivity contribution is 5.75. The number of alkyl halides is 3. The highest BCUT2D eigenvalue weighted by Crippen LogP contribution is 2.32. The third kappa shape index (κ3) is 2.42. The van der Waals surface area contributed by atoms with Crippen LogP contribution in [0, 0.1) is 0 Å². The summed E-state index contributed by atoms with van der Waals surface area (Å²) in [7, 11) is 0. The van der Waals surface area contributed by atoms with Crippen molar-refractivity contribution in [1.29, 1.82) is 0 Å². The normalized spacial score (nSPS) is 11.8. The van der Waals surface area contributed by atoms with Gasteiger partial charge in [-0.15, -0.1) is 13.2 Å². The zero-order valence-corrected chi connectivity index (χ0v) is 9.98. The number of nitrogens with one attached hydrogen (secondary N) is 1. The number of ether oxygens (including phenoxy) is 1. The number of fused-ring (bicyclic) bond motifs is 1. The van der Waals surface area contributed by atoms with E-state index < -0.39 is 6.36 Å². The van der Waals surface area contributed by atoms with E-state index in [-0.39, 0.29) is 11.3 Å². The first-order chi connectivity index (χ1) is 9.53. The molecule has 0 saturated heterocycles. The summed E-state index contributed by atoms with van der Waals surface area (Å²) >= 11 is 0. The lowest BCUT2D eigenvalue weighted by Crippen LogP contribution is -2.17. The minimum atomic E-state index is -4.75. The van der Waals surface area contributed by atoms with Crippen LogP contribution in [0.25, 0.3) is 22.4 Å². The Hall–Kier alpha value is -2.57. The van der Waals surface area contributed by atoms with Gasteiger partial charge in [-0.05, 0) is 18.2 Å². The summed E-state index contributed by atoms with van der Waals surface area (Å²) in [6, 6.07) is 7.52.